The molecule has 0 aliphatic carbocycles. The van der Waals surface area contributed by atoms with Crippen LogP contribution in [0.25, 0.3) is 0 Å². The summed E-state index contributed by atoms with van der Waals surface area (Å²) in [6.07, 6.45) is 7.68. The quantitative estimate of drug-likeness (QED) is 0.218. The molecule has 1 unspecified atom stereocenters. The van der Waals surface area contributed by atoms with E-state index in [1.54, 1.807) is 0 Å². The second kappa shape index (κ2) is 12.9. The van der Waals surface area contributed by atoms with Gasteiger partial charge in [0.2, 0.25) is 0 Å². The molecule has 0 aliphatic rings. The van der Waals surface area contributed by atoms with E-state index in [0.717, 1.165) is 19.3 Å². The third kappa shape index (κ3) is 11.2. The van der Waals surface area contributed by atoms with Crippen molar-refractivity contribution in [1.82, 2.24) is 0 Å². The Bertz CT molecular complexity index is 485. The van der Waals surface area contributed by atoms with Crippen LogP contribution in [0.15, 0.2) is 12.7 Å². The Kier molecular flexibility index (Phi) is 12.2. The molecule has 7 nitrogen and oxygen atoms in total. The molecule has 24 heavy (non-hydrogen) atoms. The number of hydrogen-bond acceptors (Lipinski definition) is 6. The Morgan fingerprint density at radius 3 is 2.21 bits per heavy atom. The molecule has 0 aromatic rings. The molecule has 0 radical (unpaired) electrons. The lowest BCUT2D eigenvalue weighted by molar-refractivity contribution is -0.149. The van der Waals surface area contributed by atoms with Gasteiger partial charge in [0.1, 0.15) is 6.61 Å². The molecule has 1 atom stereocenters. The minimum atomic E-state index is -4.74. The van der Waals surface area contributed by atoms with E-state index in [2.05, 4.69) is 18.2 Å². The predicted molar refractivity (Wildman–Crippen MR) is 90.1 cm³/mol. The summed E-state index contributed by atoms with van der Waals surface area (Å²) in [7, 11) is -4.74. The highest BCUT2D eigenvalue weighted by molar-refractivity contribution is 7.87. The molecule has 0 saturated heterocycles. The molecular formula is C16H28O7S. The van der Waals surface area contributed by atoms with Gasteiger partial charge >= 0.3 is 11.9 Å². The molecule has 140 valence electrons. The first kappa shape index (κ1) is 22.6. The lowest BCUT2D eigenvalue weighted by Crippen LogP contribution is -2.34. The van der Waals surface area contributed by atoms with E-state index in [1.807, 2.05) is 0 Å². The molecule has 0 heterocycles. The maximum Gasteiger partial charge on any atom is 0.327 e. The Balaban J connectivity index is 4.19. The summed E-state index contributed by atoms with van der Waals surface area (Å²) >= 11 is 0. The topological polar surface area (TPSA) is 107 Å². The maximum absolute atomic E-state index is 11.8. The van der Waals surface area contributed by atoms with E-state index in [0.29, 0.717) is 6.42 Å². The zero-order valence-electron chi connectivity index (χ0n) is 14.2. The fourth-order valence-electron chi connectivity index (χ4n) is 2.00. The summed E-state index contributed by atoms with van der Waals surface area (Å²) in [5, 5.41) is -1.96. The Morgan fingerprint density at radius 1 is 1.08 bits per heavy atom. The van der Waals surface area contributed by atoms with Crippen molar-refractivity contribution in [1.29, 1.82) is 0 Å². The normalized spacial score (nSPS) is 12.4. The number of hydrogen-bond donors (Lipinski definition) is 1. The van der Waals surface area contributed by atoms with E-state index in [-0.39, 0.29) is 13.2 Å². The van der Waals surface area contributed by atoms with E-state index >= 15 is 0 Å². The third-order valence-corrected chi connectivity index (χ3v) is 4.41. The first-order chi connectivity index (χ1) is 11.3. The van der Waals surface area contributed by atoms with Crippen LogP contribution in [0.2, 0.25) is 0 Å². The molecule has 0 aromatic carbocycles. The molecule has 0 aromatic heterocycles. The molecule has 0 amide bonds. The number of ether oxygens (including phenoxy) is 2. The van der Waals surface area contributed by atoms with Crippen LogP contribution >= 0.6 is 0 Å². The van der Waals surface area contributed by atoms with Crippen LogP contribution in [0.3, 0.4) is 0 Å². The highest BCUT2D eigenvalue weighted by Crippen LogP contribution is 2.11. The smallest absolute Gasteiger partial charge is 0.327 e. The van der Waals surface area contributed by atoms with Gasteiger partial charge in [0.15, 0.2) is 5.25 Å². The zero-order valence-corrected chi connectivity index (χ0v) is 15.1. The largest absolute Gasteiger partial charge is 0.465 e. The van der Waals surface area contributed by atoms with Gasteiger partial charge in [0, 0.05) is 0 Å². The molecular weight excluding hydrogens is 336 g/mol. The molecule has 0 spiro atoms. The lowest BCUT2D eigenvalue weighted by atomic mass is 10.1. The molecule has 0 bridgehead atoms. The van der Waals surface area contributed by atoms with Gasteiger partial charge < -0.3 is 9.47 Å². The van der Waals surface area contributed by atoms with Crippen LogP contribution in [0, 0.1) is 0 Å². The summed E-state index contributed by atoms with van der Waals surface area (Å²) in [4.78, 5) is 23.2. The standard InChI is InChI=1S/C16H28O7S/c1-3-5-6-7-8-9-10-12-23-16(18)14(24(19,20)21)13-15(17)22-11-4-2/h4,14H,2-3,5-13H2,1H3,(H,19,20,21). The van der Waals surface area contributed by atoms with E-state index in [4.69, 9.17) is 9.29 Å². The Morgan fingerprint density at radius 2 is 1.67 bits per heavy atom. The Hall–Kier alpha value is -1.41. The second-order valence-electron chi connectivity index (χ2n) is 5.47. The third-order valence-electron chi connectivity index (χ3n) is 3.33. The summed E-state index contributed by atoms with van der Waals surface area (Å²) in [6.45, 7) is 5.43. The lowest BCUT2D eigenvalue weighted by Gasteiger charge is -2.12. The molecule has 0 rings (SSSR count). The molecule has 8 heteroatoms. The van der Waals surface area contributed by atoms with Gasteiger partial charge in [0.05, 0.1) is 13.0 Å². The zero-order chi connectivity index (χ0) is 18.4. The van der Waals surface area contributed by atoms with Crippen LogP contribution in [0.1, 0.15) is 58.3 Å². The van der Waals surface area contributed by atoms with Crippen molar-refractivity contribution in [2.24, 2.45) is 0 Å². The molecule has 0 fully saturated rings. The van der Waals surface area contributed by atoms with Gasteiger partial charge in [0.25, 0.3) is 10.1 Å². The van der Waals surface area contributed by atoms with Crippen molar-refractivity contribution < 1.29 is 32.0 Å². The van der Waals surface area contributed by atoms with Crippen molar-refractivity contribution in [2.75, 3.05) is 13.2 Å². The van der Waals surface area contributed by atoms with Crippen molar-refractivity contribution in [3.8, 4) is 0 Å². The number of unbranched alkanes of at least 4 members (excludes halogenated alkanes) is 6. The summed E-state index contributed by atoms with van der Waals surface area (Å²) in [6, 6.07) is 0. The van der Waals surface area contributed by atoms with Gasteiger partial charge in [-0.3, -0.25) is 14.1 Å². The van der Waals surface area contributed by atoms with Gasteiger partial charge in [-0.1, -0.05) is 58.1 Å². The van der Waals surface area contributed by atoms with Gasteiger partial charge in [-0.2, -0.15) is 8.42 Å². The van der Waals surface area contributed by atoms with Gasteiger partial charge in [-0.15, -0.1) is 0 Å². The van der Waals surface area contributed by atoms with Crippen LogP contribution in [-0.2, 0) is 29.2 Å². The fraction of sp³-hybridized carbons (Fsp3) is 0.750. The monoisotopic (exact) mass is 364 g/mol. The summed E-state index contributed by atoms with van der Waals surface area (Å²) in [5.74, 6) is -2.07. The number of carbonyl (C=O) groups is 2. The van der Waals surface area contributed by atoms with Crippen molar-refractivity contribution in [3.05, 3.63) is 12.7 Å². The minimum absolute atomic E-state index is 0.0559. The SMILES string of the molecule is C=CCOC(=O)CC(C(=O)OCCCCCCCCC)S(=O)(=O)O. The minimum Gasteiger partial charge on any atom is -0.465 e. The average Bonchev–Trinajstić information content (AvgIpc) is 2.51. The summed E-state index contributed by atoms with van der Waals surface area (Å²) in [5.41, 5.74) is 0. The number of esters is 2. The average molecular weight is 364 g/mol. The van der Waals surface area contributed by atoms with E-state index in [1.165, 1.54) is 25.3 Å². The van der Waals surface area contributed by atoms with Crippen LogP contribution in [-0.4, -0.2) is 43.4 Å². The number of carbonyl (C=O) groups excluding carboxylic acids is 2. The van der Waals surface area contributed by atoms with E-state index < -0.39 is 33.7 Å². The van der Waals surface area contributed by atoms with E-state index in [9.17, 15) is 18.0 Å². The van der Waals surface area contributed by atoms with Crippen LogP contribution < -0.4 is 0 Å². The first-order valence-corrected chi connectivity index (χ1v) is 9.72. The summed E-state index contributed by atoms with van der Waals surface area (Å²) < 4.78 is 41.1. The molecule has 0 aliphatic heterocycles. The maximum atomic E-state index is 11.8. The number of rotatable bonds is 14. The van der Waals surface area contributed by atoms with Crippen molar-refractivity contribution >= 4 is 22.1 Å². The van der Waals surface area contributed by atoms with Gasteiger partial charge in [-0.25, -0.2) is 0 Å². The Labute approximate surface area is 144 Å². The molecule has 0 saturated carbocycles. The highest BCUT2D eigenvalue weighted by Gasteiger charge is 2.35. The van der Waals surface area contributed by atoms with Crippen molar-refractivity contribution in [2.45, 2.75) is 63.5 Å². The first-order valence-electron chi connectivity index (χ1n) is 8.22. The predicted octanol–water partition coefficient (Wildman–Crippen LogP) is 2.66. The van der Waals surface area contributed by atoms with Crippen LogP contribution in [0.5, 0.6) is 0 Å². The van der Waals surface area contributed by atoms with Crippen molar-refractivity contribution in [3.63, 3.8) is 0 Å². The van der Waals surface area contributed by atoms with Crippen LogP contribution in [0.4, 0.5) is 0 Å². The molecule has 1 N–H and O–H groups in total. The fourth-order valence-corrected chi connectivity index (χ4v) is 2.66. The second-order valence-corrected chi connectivity index (χ2v) is 7.07. The highest BCUT2D eigenvalue weighted by atomic mass is 32.2. The van der Waals surface area contributed by atoms with Gasteiger partial charge in [-0.05, 0) is 6.42 Å².